The van der Waals surface area contributed by atoms with Crippen LogP contribution < -0.4 is 10.1 Å². The number of phenolic OH excluding ortho intramolecular Hbond substituents is 1. The van der Waals surface area contributed by atoms with E-state index in [0.717, 1.165) is 37.4 Å². The number of phenols is 1. The van der Waals surface area contributed by atoms with Gasteiger partial charge in [0.15, 0.2) is 25.4 Å². The molecule has 0 fully saturated rings. The number of nitrogens with zero attached hydrogens (tertiary/aromatic N) is 4. The van der Waals surface area contributed by atoms with Crippen molar-refractivity contribution < 1.29 is 99.9 Å². The molecule has 0 aliphatic rings. The van der Waals surface area contributed by atoms with Crippen molar-refractivity contribution >= 4 is 110 Å². The van der Waals surface area contributed by atoms with Crippen molar-refractivity contribution in [1.82, 2.24) is 0 Å². The van der Waals surface area contributed by atoms with Gasteiger partial charge in [-0.1, -0.05) is 0 Å². The molecule has 0 saturated carbocycles. The molecule has 352 valence electrons. The second-order valence-electron chi connectivity index (χ2n) is 12.4. The summed E-state index contributed by atoms with van der Waals surface area (Å²) in [5, 5.41) is 27.7. The summed E-state index contributed by atoms with van der Waals surface area (Å²) in [6.45, 7) is -0.836. The topological polar surface area (TPSA) is 450 Å². The molecule has 0 heterocycles. The van der Waals surface area contributed by atoms with E-state index in [1.165, 1.54) is 6.92 Å². The summed E-state index contributed by atoms with van der Waals surface area (Å²) < 4.78 is 228. The second-order valence-corrected chi connectivity index (χ2v) is 23.0. The molecule has 0 radical (unpaired) electrons. The number of methoxy groups -OCH3 is 1. The Morgan fingerprint density at radius 3 is 1.66 bits per heavy atom. The van der Waals surface area contributed by atoms with Crippen molar-refractivity contribution in [3.8, 4) is 11.5 Å². The number of sulfone groups is 2. The van der Waals surface area contributed by atoms with Crippen molar-refractivity contribution in [2.45, 2.75) is 26.5 Å². The Bertz CT molecular complexity index is 3400. The smallest absolute Gasteiger partial charge is 0.397 e. The number of aromatic hydroxyl groups is 1. The zero-order valence-corrected chi connectivity index (χ0v) is 37.6. The van der Waals surface area contributed by atoms with E-state index in [0.29, 0.717) is 18.2 Å². The SMILES string of the molecule is COc1cc(S(=O)(=O)CCOS(=O)(=O)O)c(C)cc1N=Nc1c(S(=O)(=O)O)cc2c(N=Nc3ccc(S(=O)(=O)CCOS(=O)(=O)O)cc3S(=O)(=O)O)c(NCS(=O)(=O)O)ccc2c1O. The van der Waals surface area contributed by atoms with Gasteiger partial charge in [-0.3, -0.25) is 22.8 Å². The zero-order valence-electron chi connectivity index (χ0n) is 31.9. The van der Waals surface area contributed by atoms with Crippen LogP contribution in [0.4, 0.5) is 28.4 Å². The molecule has 0 amide bonds. The minimum atomic E-state index is -5.46. The fourth-order valence-corrected chi connectivity index (χ4v) is 10.2. The monoisotopic (exact) mass is 1040 g/mol. The first-order chi connectivity index (χ1) is 29.1. The number of fused-ring (bicyclic) bond motifs is 1. The summed E-state index contributed by atoms with van der Waals surface area (Å²) in [6, 6.07) is 6.36. The summed E-state index contributed by atoms with van der Waals surface area (Å²) in [5.74, 6) is -4.76. The molecule has 64 heavy (non-hydrogen) atoms. The van der Waals surface area contributed by atoms with E-state index >= 15 is 0 Å². The highest BCUT2D eigenvalue weighted by atomic mass is 32.3. The molecule has 35 heteroatoms. The first-order valence-corrected chi connectivity index (χ1v) is 27.0. The van der Waals surface area contributed by atoms with Gasteiger partial charge in [0.25, 0.3) is 30.4 Å². The zero-order chi connectivity index (χ0) is 48.4. The van der Waals surface area contributed by atoms with Crippen LogP contribution in [0.25, 0.3) is 10.8 Å². The molecule has 4 aromatic rings. The third-order valence-electron chi connectivity index (χ3n) is 7.99. The van der Waals surface area contributed by atoms with Crippen molar-refractivity contribution in [3.63, 3.8) is 0 Å². The molecule has 0 atom stereocenters. The Labute approximate surface area is 363 Å². The fraction of sp³-hybridized carbons (Fsp3) is 0.241. The van der Waals surface area contributed by atoms with Gasteiger partial charge in [0.05, 0.1) is 47.3 Å². The summed E-state index contributed by atoms with van der Waals surface area (Å²) in [4.78, 5) is -3.75. The minimum absolute atomic E-state index is 0.0574. The van der Waals surface area contributed by atoms with E-state index in [1.54, 1.807) is 0 Å². The van der Waals surface area contributed by atoms with Crippen LogP contribution in [-0.4, -0.2) is 125 Å². The van der Waals surface area contributed by atoms with E-state index in [1.807, 2.05) is 0 Å². The van der Waals surface area contributed by atoms with Gasteiger partial charge >= 0.3 is 20.8 Å². The first kappa shape index (κ1) is 51.7. The lowest BCUT2D eigenvalue weighted by molar-refractivity contribution is 0.282. The Morgan fingerprint density at radius 1 is 0.578 bits per heavy atom. The number of benzene rings is 4. The van der Waals surface area contributed by atoms with Gasteiger partial charge in [0, 0.05) is 16.8 Å². The fourth-order valence-electron chi connectivity index (χ4n) is 5.26. The molecule has 7 N–H and O–H groups in total. The maximum Gasteiger partial charge on any atom is 0.397 e. The molecule has 0 saturated heterocycles. The Balaban J connectivity index is 1.92. The van der Waals surface area contributed by atoms with Gasteiger partial charge in [0.2, 0.25) is 0 Å². The van der Waals surface area contributed by atoms with E-state index in [9.17, 15) is 77.7 Å². The van der Waals surface area contributed by atoms with Gasteiger partial charge in [-0.2, -0.15) is 42.1 Å². The van der Waals surface area contributed by atoms with Crippen LogP contribution >= 0.6 is 0 Å². The van der Waals surface area contributed by atoms with Crippen LogP contribution in [0.1, 0.15) is 5.56 Å². The van der Waals surface area contributed by atoms with Gasteiger partial charge in [-0.05, 0) is 55.0 Å². The number of azo groups is 2. The molecule has 0 unspecified atom stereocenters. The van der Waals surface area contributed by atoms with Crippen LogP contribution in [0.15, 0.2) is 88.6 Å². The number of hydrogen-bond acceptors (Lipinski definition) is 23. The number of rotatable bonds is 20. The molecule has 0 aromatic heterocycles. The summed E-state index contributed by atoms with van der Waals surface area (Å²) in [5.41, 5.74) is -3.32. The lowest BCUT2D eigenvalue weighted by Gasteiger charge is -2.14. The Kier molecular flexibility index (Phi) is 15.3. The van der Waals surface area contributed by atoms with E-state index in [2.05, 4.69) is 34.1 Å². The number of hydrogen-bond donors (Lipinski definition) is 7. The standard InChI is InChI=1S/C29H31N5O23S7/c1-16-11-22(23(55-2)14-24(16)59(38,39)10-8-57-64(52,53)54)32-34-28-26(62(46,47)48)13-19-18(29(28)35)4-6-21(30-15-60(40,41)42)27(19)33-31-20-5-3-17(12-25(20)61(43,44)45)58(36,37)9-7-56-63(49,50)51/h3-6,11-14,30,35H,7-10,15H2,1-2H3,(H,40,41,42)(H,43,44,45)(H,46,47,48)(H,49,50,51)(H,52,53,54). The maximum atomic E-state index is 12.9. The average molecular weight is 1040 g/mol. The first-order valence-electron chi connectivity index (χ1n) is 16.5. The average Bonchev–Trinajstić information content (AvgIpc) is 3.13. The highest BCUT2D eigenvalue weighted by molar-refractivity contribution is 7.92. The largest absolute Gasteiger partial charge is 0.505 e. The highest BCUT2D eigenvalue weighted by Crippen LogP contribution is 2.47. The molecule has 0 aliphatic carbocycles. The van der Waals surface area contributed by atoms with E-state index in [4.69, 9.17) is 13.8 Å². The third kappa shape index (κ3) is 13.6. The predicted octanol–water partition coefficient (Wildman–Crippen LogP) is 2.63. The molecular formula is C29H31N5O23S7. The number of anilines is 1. The van der Waals surface area contributed by atoms with Gasteiger partial charge in [-0.25, -0.2) is 25.2 Å². The Hall–Kier alpha value is -4.89. The predicted molar refractivity (Wildman–Crippen MR) is 217 cm³/mol. The van der Waals surface area contributed by atoms with Gasteiger partial charge in [0.1, 0.15) is 44.2 Å². The van der Waals surface area contributed by atoms with E-state index in [-0.39, 0.29) is 17.0 Å². The van der Waals surface area contributed by atoms with Crippen LogP contribution in [0.5, 0.6) is 11.5 Å². The Morgan fingerprint density at radius 2 is 1.12 bits per heavy atom. The number of aryl methyl sites for hydroxylation is 1. The second kappa shape index (κ2) is 18.9. The molecular weight excluding hydrogens is 1010 g/mol. The van der Waals surface area contributed by atoms with Crippen molar-refractivity contribution in [2.75, 3.05) is 43.0 Å². The van der Waals surface area contributed by atoms with Crippen LogP contribution in [0.2, 0.25) is 0 Å². The number of ether oxygens (including phenoxy) is 1. The summed E-state index contributed by atoms with van der Waals surface area (Å²) in [7, 11) is -33.6. The lowest BCUT2D eigenvalue weighted by atomic mass is 10.1. The lowest BCUT2D eigenvalue weighted by Crippen LogP contribution is -2.16. The summed E-state index contributed by atoms with van der Waals surface area (Å²) in [6.07, 6.45) is 0. The van der Waals surface area contributed by atoms with Crippen molar-refractivity contribution in [1.29, 1.82) is 0 Å². The van der Waals surface area contributed by atoms with Gasteiger partial charge in [-0.15, -0.1) is 20.5 Å². The molecule has 4 rings (SSSR count). The van der Waals surface area contributed by atoms with Crippen LogP contribution in [0, 0.1) is 6.92 Å². The van der Waals surface area contributed by atoms with Gasteiger partial charge < -0.3 is 15.2 Å². The minimum Gasteiger partial charge on any atom is -0.505 e. The third-order valence-corrected chi connectivity index (χ3v) is 14.7. The molecule has 0 bridgehead atoms. The van der Waals surface area contributed by atoms with Crippen LogP contribution in [0.3, 0.4) is 0 Å². The van der Waals surface area contributed by atoms with Crippen molar-refractivity contribution in [2.24, 2.45) is 20.5 Å². The summed E-state index contributed by atoms with van der Waals surface area (Å²) >= 11 is 0. The molecule has 0 aliphatic heterocycles. The quantitative estimate of drug-likeness (QED) is 0.0494. The maximum absolute atomic E-state index is 12.9. The van der Waals surface area contributed by atoms with Crippen molar-refractivity contribution in [3.05, 3.63) is 54.1 Å². The molecule has 28 nitrogen and oxygen atoms in total. The van der Waals surface area contributed by atoms with E-state index < -0.39 is 160 Å². The van der Waals surface area contributed by atoms with Crippen LogP contribution in [-0.2, 0) is 79.2 Å². The highest BCUT2D eigenvalue weighted by Gasteiger charge is 2.27. The normalized spacial score (nSPS) is 13.5. The molecule has 0 spiro atoms. The number of nitrogens with one attached hydrogen (secondary N) is 1. The molecule has 4 aromatic carbocycles.